The highest BCUT2D eigenvalue weighted by Gasteiger charge is 2.09. The van der Waals surface area contributed by atoms with Gasteiger partial charge in [0.1, 0.15) is 0 Å². The Kier molecular flexibility index (Phi) is 6.24. The first-order valence-corrected chi connectivity index (χ1v) is 7.19. The van der Waals surface area contributed by atoms with Crippen molar-refractivity contribution in [2.24, 2.45) is 0 Å². The number of rotatable bonds is 3. The molecular weight excluding hydrogens is 292 g/mol. The van der Waals surface area contributed by atoms with E-state index in [1.54, 1.807) is 24.4 Å². The van der Waals surface area contributed by atoms with Crippen LogP contribution in [0.4, 0.5) is 5.95 Å². The summed E-state index contributed by atoms with van der Waals surface area (Å²) in [5, 5.41) is 20.3. The summed E-state index contributed by atoms with van der Waals surface area (Å²) in [5.41, 5.74) is 2.26. The Morgan fingerprint density at radius 2 is 2.30 bits per heavy atom. The molecule has 0 aliphatic carbocycles. The van der Waals surface area contributed by atoms with E-state index in [2.05, 4.69) is 27.9 Å². The molecule has 0 radical (unpaired) electrons. The molecule has 6 nitrogen and oxygen atoms in total. The van der Waals surface area contributed by atoms with Crippen molar-refractivity contribution in [3.63, 3.8) is 0 Å². The standard InChI is InChI=1S/C13H10N4.C4H8O2/c1-2-15-13-16-7-6-12(17-13)11-5-3-4-10(8-11)9-14;5-4-1-2-6-3-4/h2-8H,1H2,(H,15,16,17);4-5H,1-3H2. The minimum Gasteiger partial charge on any atom is -0.391 e. The first-order chi connectivity index (χ1) is 11.2. The quantitative estimate of drug-likeness (QED) is 0.904. The number of nitrogens with zero attached hydrogens (tertiary/aromatic N) is 3. The Bertz CT molecular complexity index is 691. The minimum absolute atomic E-state index is 0.176. The fourth-order valence-corrected chi connectivity index (χ4v) is 1.95. The third kappa shape index (κ3) is 5.18. The second-order valence-corrected chi connectivity index (χ2v) is 4.82. The first-order valence-electron chi connectivity index (χ1n) is 7.19. The summed E-state index contributed by atoms with van der Waals surface area (Å²) in [6.07, 6.45) is 3.82. The third-order valence-corrected chi connectivity index (χ3v) is 3.08. The van der Waals surface area contributed by atoms with Gasteiger partial charge in [0.15, 0.2) is 0 Å². The molecular formula is C17H18N4O2. The van der Waals surface area contributed by atoms with Gasteiger partial charge >= 0.3 is 0 Å². The molecule has 1 aromatic carbocycles. The molecule has 2 aromatic rings. The number of aliphatic hydroxyl groups is 1. The van der Waals surface area contributed by atoms with Crippen molar-refractivity contribution >= 4 is 5.95 Å². The predicted molar refractivity (Wildman–Crippen MR) is 87.4 cm³/mol. The fourth-order valence-electron chi connectivity index (χ4n) is 1.95. The summed E-state index contributed by atoms with van der Waals surface area (Å²) in [4.78, 5) is 8.34. The summed E-state index contributed by atoms with van der Waals surface area (Å²) in [6.45, 7) is 4.83. The van der Waals surface area contributed by atoms with E-state index < -0.39 is 0 Å². The molecule has 2 heterocycles. The van der Waals surface area contributed by atoms with Gasteiger partial charge < -0.3 is 15.2 Å². The molecule has 3 rings (SSSR count). The fraction of sp³-hybridized carbons (Fsp3) is 0.235. The van der Waals surface area contributed by atoms with Gasteiger partial charge in [-0.2, -0.15) is 5.26 Å². The lowest BCUT2D eigenvalue weighted by atomic mass is 10.1. The van der Waals surface area contributed by atoms with Crippen LogP contribution in [0.5, 0.6) is 0 Å². The molecule has 1 fully saturated rings. The van der Waals surface area contributed by atoms with Crippen LogP contribution in [0.3, 0.4) is 0 Å². The van der Waals surface area contributed by atoms with Crippen molar-refractivity contribution in [1.82, 2.24) is 9.97 Å². The highest BCUT2D eigenvalue weighted by Crippen LogP contribution is 2.18. The van der Waals surface area contributed by atoms with Crippen LogP contribution in [0.15, 0.2) is 49.3 Å². The molecule has 0 amide bonds. The number of hydrogen-bond donors (Lipinski definition) is 2. The van der Waals surface area contributed by atoms with Crippen LogP contribution in [0.2, 0.25) is 0 Å². The molecule has 1 unspecified atom stereocenters. The zero-order chi connectivity index (χ0) is 16.5. The Hall–Kier alpha value is -2.75. The van der Waals surface area contributed by atoms with E-state index in [-0.39, 0.29) is 6.10 Å². The summed E-state index contributed by atoms with van der Waals surface area (Å²) < 4.78 is 4.81. The zero-order valence-corrected chi connectivity index (χ0v) is 12.6. The summed E-state index contributed by atoms with van der Waals surface area (Å²) in [7, 11) is 0. The predicted octanol–water partition coefficient (Wildman–Crippen LogP) is 2.34. The summed E-state index contributed by atoms with van der Waals surface area (Å²) >= 11 is 0. The molecule has 118 valence electrons. The van der Waals surface area contributed by atoms with Crippen LogP contribution in [0, 0.1) is 11.3 Å². The van der Waals surface area contributed by atoms with E-state index in [0.717, 1.165) is 24.3 Å². The first kappa shape index (κ1) is 16.6. The zero-order valence-electron chi connectivity index (χ0n) is 12.6. The number of benzene rings is 1. The molecule has 0 saturated carbocycles. The van der Waals surface area contributed by atoms with Crippen LogP contribution in [-0.2, 0) is 4.74 Å². The monoisotopic (exact) mass is 310 g/mol. The molecule has 1 aliphatic rings. The van der Waals surface area contributed by atoms with Crippen LogP contribution >= 0.6 is 0 Å². The van der Waals surface area contributed by atoms with Crippen molar-refractivity contribution in [2.45, 2.75) is 12.5 Å². The topological polar surface area (TPSA) is 91.1 Å². The Morgan fingerprint density at radius 1 is 1.43 bits per heavy atom. The number of nitriles is 1. The largest absolute Gasteiger partial charge is 0.391 e. The second kappa shape index (κ2) is 8.63. The molecule has 0 spiro atoms. The van der Waals surface area contributed by atoms with Gasteiger partial charge in [0.05, 0.1) is 30.0 Å². The number of aliphatic hydroxyl groups excluding tert-OH is 1. The molecule has 2 N–H and O–H groups in total. The van der Waals surface area contributed by atoms with Crippen molar-refractivity contribution in [2.75, 3.05) is 18.5 Å². The highest BCUT2D eigenvalue weighted by atomic mass is 16.5. The van der Waals surface area contributed by atoms with Crippen molar-refractivity contribution in [3.05, 3.63) is 54.9 Å². The van der Waals surface area contributed by atoms with Crippen LogP contribution < -0.4 is 5.32 Å². The number of nitrogens with one attached hydrogen (secondary N) is 1. The van der Waals surface area contributed by atoms with Crippen molar-refractivity contribution in [1.29, 1.82) is 5.26 Å². The minimum atomic E-state index is -0.176. The van der Waals surface area contributed by atoms with Crippen molar-refractivity contribution < 1.29 is 9.84 Å². The average Bonchev–Trinajstić information content (AvgIpc) is 3.07. The molecule has 1 aliphatic heterocycles. The highest BCUT2D eigenvalue weighted by molar-refractivity contribution is 5.62. The van der Waals surface area contributed by atoms with Crippen LogP contribution in [0.1, 0.15) is 12.0 Å². The smallest absolute Gasteiger partial charge is 0.227 e. The normalized spacial score (nSPS) is 15.9. The van der Waals surface area contributed by atoms with Gasteiger partial charge in [-0.05, 0) is 30.8 Å². The van der Waals surface area contributed by atoms with Gasteiger partial charge in [-0.1, -0.05) is 18.7 Å². The summed E-state index contributed by atoms with van der Waals surface area (Å²) in [6, 6.07) is 11.2. The summed E-state index contributed by atoms with van der Waals surface area (Å²) in [5.74, 6) is 0.486. The molecule has 0 bridgehead atoms. The second-order valence-electron chi connectivity index (χ2n) is 4.82. The van der Waals surface area contributed by atoms with Crippen molar-refractivity contribution in [3.8, 4) is 17.3 Å². The molecule has 23 heavy (non-hydrogen) atoms. The Labute approximate surface area is 135 Å². The Morgan fingerprint density at radius 3 is 2.91 bits per heavy atom. The third-order valence-electron chi connectivity index (χ3n) is 3.08. The lowest BCUT2D eigenvalue weighted by Gasteiger charge is -2.03. The lowest BCUT2D eigenvalue weighted by molar-refractivity contribution is 0.127. The molecule has 6 heteroatoms. The van der Waals surface area contributed by atoms with E-state index in [1.807, 2.05) is 12.1 Å². The molecule has 1 atom stereocenters. The Balaban J connectivity index is 0.000000268. The van der Waals surface area contributed by atoms with Gasteiger partial charge in [0.2, 0.25) is 5.95 Å². The van der Waals surface area contributed by atoms with Gasteiger partial charge in [0, 0.05) is 18.4 Å². The number of ether oxygens (including phenoxy) is 1. The average molecular weight is 310 g/mol. The van der Waals surface area contributed by atoms with Crippen LogP contribution in [0.25, 0.3) is 11.3 Å². The molecule has 1 saturated heterocycles. The van der Waals surface area contributed by atoms with Gasteiger partial charge in [0.25, 0.3) is 0 Å². The number of anilines is 1. The van der Waals surface area contributed by atoms with E-state index >= 15 is 0 Å². The van der Waals surface area contributed by atoms with Crippen LogP contribution in [-0.4, -0.2) is 34.4 Å². The van der Waals surface area contributed by atoms with E-state index in [4.69, 9.17) is 15.1 Å². The SMILES string of the molecule is C=CNc1nccc(-c2cccc(C#N)c2)n1.OC1CCOC1. The maximum Gasteiger partial charge on any atom is 0.227 e. The van der Waals surface area contributed by atoms with E-state index in [9.17, 15) is 0 Å². The van der Waals surface area contributed by atoms with E-state index in [0.29, 0.717) is 18.1 Å². The van der Waals surface area contributed by atoms with E-state index in [1.165, 1.54) is 6.20 Å². The van der Waals surface area contributed by atoms with Gasteiger partial charge in [-0.25, -0.2) is 9.97 Å². The molecule has 1 aromatic heterocycles. The van der Waals surface area contributed by atoms with Gasteiger partial charge in [-0.3, -0.25) is 0 Å². The maximum atomic E-state index is 8.84. The van der Waals surface area contributed by atoms with Gasteiger partial charge in [-0.15, -0.1) is 0 Å². The number of hydrogen-bond acceptors (Lipinski definition) is 6. The lowest BCUT2D eigenvalue weighted by Crippen LogP contribution is -2.02. The number of aromatic nitrogens is 2. The maximum absolute atomic E-state index is 8.84.